The van der Waals surface area contributed by atoms with Crippen LogP contribution in [-0.2, 0) is 0 Å². The van der Waals surface area contributed by atoms with Gasteiger partial charge < -0.3 is 20.1 Å². The van der Waals surface area contributed by atoms with Crippen LogP contribution in [0.2, 0.25) is 0 Å². The van der Waals surface area contributed by atoms with Gasteiger partial charge in [-0.1, -0.05) is 194 Å². The molecule has 1 fully saturated rings. The normalized spacial score (nSPS) is 16.7. The van der Waals surface area contributed by atoms with Gasteiger partial charge in [0, 0.05) is 34.1 Å². The summed E-state index contributed by atoms with van der Waals surface area (Å²) in [6.45, 7) is 0. The van der Waals surface area contributed by atoms with Gasteiger partial charge in [0.1, 0.15) is 11.5 Å². The van der Waals surface area contributed by atoms with Gasteiger partial charge in [-0.3, -0.25) is 9.59 Å². The predicted molar refractivity (Wildman–Crippen MR) is 264 cm³/mol. The SMILES string of the molecule is COc1ccccc1[C@@H]1[C@H](NC(=O)c2ccccc2P(c2ccccc2)c2ccccc2)[C@@H](NC(=O)c2ccccc2P(c2ccccc2)c2ccccc2)[C@H]1c1ccccc1OC. The Hall–Kier alpha value is -6.84. The highest BCUT2D eigenvalue weighted by Crippen LogP contribution is 2.54. The van der Waals surface area contributed by atoms with E-state index in [1.165, 1.54) is 0 Å². The fraction of sp³-hybridized carbons (Fsp3) is 0.107. The zero-order valence-electron chi connectivity index (χ0n) is 35.6. The average molecular weight is 875 g/mol. The molecule has 0 bridgehead atoms. The molecule has 0 heterocycles. The van der Waals surface area contributed by atoms with E-state index in [-0.39, 0.29) is 23.7 Å². The maximum Gasteiger partial charge on any atom is 0.252 e. The van der Waals surface area contributed by atoms with Crippen LogP contribution >= 0.6 is 15.8 Å². The molecule has 2 amide bonds. The molecule has 64 heavy (non-hydrogen) atoms. The van der Waals surface area contributed by atoms with E-state index in [0.717, 1.165) is 43.0 Å². The van der Waals surface area contributed by atoms with Gasteiger partial charge in [0.25, 0.3) is 11.8 Å². The quantitative estimate of drug-likeness (QED) is 0.107. The van der Waals surface area contributed by atoms with Crippen LogP contribution in [0, 0.1) is 0 Å². The van der Waals surface area contributed by atoms with E-state index in [0.29, 0.717) is 22.6 Å². The van der Waals surface area contributed by atoms with Crippen molar-refractivity contribution in [3.8, 4) is 11.5 Å². The molecule has 4 atom stereocenters. The first-order valence-electron chi connectivity index (χ1n) is 21.4. The predicted octanol–water partition coefficient (Wildman–Crippen LogP) is 8.70. The summed E-state index contributed by atoms with van der Waals surface area (Å²) in [5, 5.41) is 13.5. The highest BCUT2D eigenvalue weighted by atomic mass is 31.1. The molecule has 1 aliphatic rings. The van der Waals surface area contributed by atoms with Crippen LogP contribution < -0.4 is 51.9 Å². The van der Waals surface area contributed by atoms with E-state index in [4.69, 9.17) is 9.47 Å². The summed E-state index contributed by atoms with van der Waals surface area (Å²) in [5.74, 6) is 0.369. The van der Waals surface area contributed by atoms with Crippen molar-refractivity contribution in [1.29, 1.82) is 0 Å². The third kappa shape index (κ3) is 8.60. The molecule has 0 saturated heterocycles. The molecule has 2 N–H and O–H groups in total. The van der Waals surface area contributed by atoms with Gasteiger partial charge in [-0.15, -0.1) is 0 Å². The minimum atomic E-state index is -1.09. The molecule has 8 aromatic carbocycles. The Morgan fingerprint density at radius 2 is 0.656 bits per heavy atom. The summed E-state index contributed by atoms with van der Waals surface area (Å²) in [5.41, 5.74) is 3.04. The Balaban J connectivity index is 1.15. The minimum absolute atomic E-state index is 0.213. The molecular weight excluding hydrogens is 827 g/mol. The van der Waals surface area contributed by atoms with Crippen molar-refractivity contribution in [1.82, 2.24) is 10.6 Å². The van der Waals surface area contributed by atoms with Gasteiger partial charge in [0.2, 0.25) is 0 Å². The number of ether oxygens (including phenoxy) is 2. The van der Waals surface area contributed by atoms with Crippen LogP contribution in [0.5, 0.6) is 11.5 Å². The second-order valence-corrected chi connectivity index (χ2v) is 20.0. The van der Waals surface area contributed by atoms with E-state index < -0.39 is 27.9 Å². The Morgan fingerprint density at radius 1 is 0.375 bits per heavy atom. The number of carbonyl (C=O) groups excluding carboxylic acids is 2. The number of hydrogen-bond acceptors (Lipinski definition) is 4. The molecule has 8 aromatic rings. The third-order valence-corrected chi connectivity index (χ3v) is 17.0. The van der Waals surface area contributed by atoms with E-state index >= 15 is 9.59 Å². The summed E-state index contributed by atoms with van der Waals surface area (Å²) < 4.78 is 12.0. The van der Waals surface area contributed by atoms with Crippen molar-refractivity contribution in [3.05, 3.63) is 241 Å². The van der Waals surface area contributed by atoms with E-state index in [9.17, 15) is 0 Å². The molecule has 9 rings (SSSR count). The monoisotopic (exact) mass is 874 g/mol. The van der Waals surface area contributed by atoms with Gasteiger partial charge >= 0.3 is 0 Å². The Bertz CT molecular complexity index is 2570. The van der Waals surface area contributed by atoms with Gasteiger partial charge in [-0.2, -0.15) is 0 Å². The second kappa shape index (κ2) is 19.7. The molecule has 1 aliphatic carbocycles. The number of carbonyl (C=O) groups is 2. The first kappa shape index (κ1) is 42.5. The van der Waals surface area contributed by atoms with Crippen LogP contribution in [0.15, 0.2) is 218 Å². The zero-order chi connectivity index (χ0) is 43.8. The van der Waals surface area contributed by atoms with Gasteiger partial charge in [-0.05, 0) is 71.9 Å². The van der Waals surface area contributed by atoms with Crippen LogP contribution in [0.25, 0.3) is 0 Å². The Labute approximate surface area is 377 Å². The zero-order valence-corrected chi connectivity index (χ0v) is 37.4. The fourth-order valence-electron chi connectivity index (χ4n) is 9.11. The smallest absolute Gasteiger partial charge is 0.252 e. The lowest BCUT2D eigenvalue weighted by atomic mass is 9.59. The molecule has 0 radical (unpaired) electrons. The summed E-state index contributed by atoms with van der Waals surface area (Å²) in [4.78, 5) is 30.5. The molecular formula is C56H48N2O4P2. The van der Waals surface area contributed by atoms with Crippen molar-refractivity contribution in [2.75, 3.05) is 14.2 Å². The summed E-state index contributed by atoms with van der Waals surface area (Å²) in [6.07, 6.45) is 0. The molecule has 8 heteroatoms. The van der Waals surface area contributed by atoms with Gasteiger partial charge in [0.15, 0.2) is 0 Å². The number of para-hydroxylation sites is 2. The number of amides is 2. The van der Waals surface area contributed by atoms with Crippen LogP contribution in [0.3, 0.4) is 0 Å². The average Bonchev–Trinajstić information content (AvgIpc) is 3.36. The number of nitrogens with one attached hydrogen (secondary N) is 2. The van der Waals surface area contributed by atoms with Crippen molar-refractivity contribution in [2.24, 2.45) is 0 Å². The molecule has 0 spiro atoms. The summed E-state index contributed by atoms with van der Waals surface area (Å²) in [7, 11) is 1.15. The largest absolute Gasteiger partial charge is 0.496 e. The summed E-state index contributed by atoms with van der Waals surface area (Å²) >= 11 is 0. The number of benzene rings is 8. The summed E-state index contributed by atoms with van der Waals surface area (Å²) in [6, 6.07) is 72.2. The van der Waals surface area contributed by atoms with Crippen molar-refractivity contribution < 1.29 is 19.1 Å². The lowest BCUT2D eigenvalue weighted by molar-refractivity contribution is 0.0749. The van der Waals surface area contributed by atoms with Gasteiger partial charge in [0.05, 0.1) is 26.3 Å². The van der Waals surface area contributed by atoms with E-state index in [1.54, 1.807) is 14.2 Å². The minimum Gasteiger partial charge on any atom is -0.496 e. The number of methoxy groups -OCH3 is 2. The first-order chi connectivity index (χ1) is 31.6. The molecule has 6 nitrogen and oxygen atoms in total. The first-order valence-corrected chi connectivity index (χ1v) is 24.1. The van der Waals surface area contributed by atoms with Crippen LogP contribution in [-0.4, -0.2) is 38.1 Å². The maximum atomic E-state index is 15.2. The Morgan fingerprint density at radius 3 is 0.984 bits per heavy atom. The second-order valence-electron chi connectivity index (χ2n) is 15.6. The fourth-order valence-corrected chi connectivity index (χ4v) is 14.0. The maximum absolute atomic E-state index is 15.2. The lowest BCUT2D eigenvalue weighted by Gasteiger charge is -2.53. The Kier molecular flexibility index (Phi) is 13.1. The topological polar surface area (TPSA) is 76.7 Å². The van der Waals surface area contributed by atoms with Crippen LogP contribution in [0.4, 0.5) is 0 Å². The number of rotatable bonds is 14. The van der Waals surface area contributed by atoms with E-state index in [1.807, 2.05) is 97.1 Å². The molecule has 316 valence electrons. The van der Waals surface area contributed by atoms with Crippen molar-refractivity contribution >= 4 is 59.5 Å². The molecule has 0 aromatic heterocycles. The van der Waals surface area contributed by atoms with Gasteiger partial charge in [-0.25, -0.2) is 0 Å². The highest BCUT2D eigenvalue weighted by Gasteiger charge is 2.55. The van der Waals surface area contributed by atoms with Crippen molar-refractivity contribution in [3.63, 3.8) is 0 Å². The van der Waals surface area contributed by atoms with E-state index in [2.05, 4.69) is 132 Å². The highest BCUT2D eigenvalue weighted by molar-refractivity contribution is 7.80. The lowest BCUT2D eigenvalue weighted by Crippen LogP contribution is -2.67. The third-order valence-electron chi connectivity index (χ3n) is 12.0. The number of hydrogen-bond donors (Lipinski definition) is 2. The molecule has 0 aliphatic heterocycles. The molecule has 1 saturated carbocycles. The van der Waals surface area contributed by atoms with Crippen LogP contribution in [0.1, 0.15) is 43.7 Å². The standard InChI is InChI=1S/C56H48N2O4P2/c1-61-47-35-19-15-31-43(47)51-52(44-32-16-20-36-48(44)62-2)54(58-56(60)46-34-18-22-38-50(46)64(41-27-11-5-12-28-41)42-29-13-6-14-30-42)53(51)57-55(59)45-33-17-21-37-49(45)63(39-23-7-3-8-24-39)40-25-9-4-10-26-40/h3-38,51-54H,1-2H3,(H,57,59)(H,58,60)/t51-,52-,53-,54-/m0/s1. The van der Waals surface area contributed by atoms with Crippen molar-refractivity contribution in [2.45, 2.75) is 23.9 Å². The molecule has 0 unspecified atom stereocenters.